The Hall–Kier alpha value is -1.06. The summed E-state index contributed by atoms with van der Waals surface area (Å²) in [5.41, 5.74) is 1.16. The summed E-state index contributed by atoms with van der Waals surface area (Å²) in [7, 11) is 1.98. The van der Waals surface area contributed by atoms with Crippen molar-refractivity contribution < 1.29 is 9.84 Å². The summed E-state index contributed by atoms with van der Waals surface area (Å²) in [5, 5.41) is 9.71. The standard InChI is InChI=1S/C13H21NO2/c1-4-14(3)9-12(15)10-16-13-7-5-6-11(2)8-13/h5-8,12,15H,4,9-10H2,1-3H3. The van der Waals surface area contributed by atoms with Crippen molar-refractivity contribution in [3.8, 4) is 5.75 Å². The quantitative estimate of drug-likeness (QED) is 0.796. The van der Waals surface area contributed by atoms with Gasteiger partial charge in [0.2, 0.25) is 0 Å². The van der Waals surface area contributed by atoms with Crippen LogP contribution in [-0.2, 0) is 0 Å². The Balaban J connectivity index is 2.34. The molecule has 16 heavy (non-hydrogen) atoms. The number of hydrogen-bond acceptors (Lipinski definition) is 3. The molecule has 3 nitrogen and oxygen atoms in total. The molecule has 0 radical (unpaired) electrons. The molecule has 0 amide bonds. The minimum Gasteiger partial charge on any atom is -0.491 e. The molecule has 1 rings (SSSR count). The van der Waals surface area contributed by atoms with E-state index < -0.39 is 6.10 Å². The molecule has 1 N–H and O–H groups in total. The van der Waals surface area contributed by atoms with Crippen molar-refractivity contribution in [2.45, 2.75) is 20.0 Å². The van der Waals surface area contributed by atoms with Crippen LogP contribution >= 0.6 is 0 Å². The van der Waals surface area contributed by atoms with Crippen molar-refractivity contribution in [3.05, 3.63) is 29.8 Å². The Morgan fingerprint density at radius 3 is 2.81 bits per heavy atom. The van der Waals surface area contributed by atoms with E-state index in [0.29, 0.717) is 13.2 Å². The van der Waals surface area contributed by atoms with Gasteiger partial charge in [-0.2, -0.15) is 0 Å². The van der Waals surface area contributed by atoms with Crippen molar-refractivity contribution in [2.24, 2.45) is 0 Å². The lowest BCUT2D eigenvalue weighted by Gasteiger charge is -2.19. The van der Waals surface area contributed by atoms with Gasteiger partial charge in [-0.3, -0.25) is 0 Å². The summed E-state index contributed by atoms with van der Waals surface area (Å²) in [6.07, 6.45) is -0.439. The van der Waals surface area contributed by atoms with Crippen LogP contribution in [0.5, 0.6) is 5.75 Å². The lowest BCUT2D eigenvalue weighted by molar-refractivity contribution is 0.0778. The van der Waals surface area contributed by atoms with Gasteiger partial charge in [-0.25, -0.2) is 0 Å². The zero-order valence-corrected chi connectivity index (χ0v) is 10.3. The molecule has 1 atom stereocenters. The molecule has 3 heteroatoms. The van der Waals surface area contributed by atoms with Gasteiger partial charge in [0.05, 0.1) is 0 Å². The topological polar surface area (TPSA) is 32.7 Å². The van der Waals surface area contributed by atoms with Crippen LogP contribution < -0.4 is 4.74 Å². The van der Waals surface area contributed by atoms with Crippen molar-refractivity contribution in [3.63, 3.8) is 0 Å². The van der Waals surface area contributed by atoms with Gasteiger partial charge in [0, 0.05) is 6.54 Å². The molecule has 0 heterocycles. The first-order valence-electron chi connectivity index (χ1n) is 5.68. The fourth-order valence-corrected chi connectivity index (χ4v) is 1.44. The van der Waals surface area contributed by atoms with Gasteiger partial charge in [-0.05, 0) is 38.2 Å². The number of likely N-dealkylation sites (N-methyl/N-ethyl adjacent to an activating group) is 1. The number of aliphatic hydroxyl groups excluding tert-OH is 1. The molecule has 0 aliphatic rings. The van der Waals surface area contributed by atoms with Crippen LogP contribution in [-0.4, -0.2) is 42.9 Å². The van der Waals surface area contributed by atoms with Crippen molar-refractivity contribution in [1.29, 1.82) is 0 Å². The Bertz CT molecular complexity index is 315. The minimum absolute atomic E-state index is 0.341. The van der Waals surface area contributed by atoms with Crippen LogP contribution in [0.3, 0.4) is 0 Å². The van der Waals surface area contributed by atoms with E-state index in [4.69, 9.17) is 4.74 Å². The van der Waals surface area contributed by atoms with Crippen molar-refractivity contribution in [1.82, 2.24) is 4.90 Å². The number of ether oxygens (including phenoxy) is 1. The predicted molar refractivity (Wildman–Crippen MR) is 65.9 cm³/mol. The molecule has 0 aliphatic carbocycles. The highest BCUT2D eigenvalue weighted by Crippen LogP contribution is 2.12. The molecule has 90 valence electrons. The number of rotatable bonds is 6. The fraction of sp³-hybridized carbons (Fsp3) is 0.538. The zero-order valence-electron chi connectivity index (χ0n) is 10.3. The maximum absolute atomic E-state index is 9.71. The molecule has 1 aromatic carbocycles. The molecule has 0 spiro atoms. The van der Waals surface area contributed by atoms with Gasteiger partial charge in [0.1, 0.15) is 18.5 Å². The lowest BCUT2D eigenvalue weighted by Crippen LogP contribution is -2.32. The first kappa shape index (κ1) is 13.0. The maximum atomic E-state index is 9.71. The van der Waals surface area contributed by atoms with E-state index in [1.54, 1.807) is 0 Å². The second-order valence-corrected chi connectivity index (χ2v) is 4.14. The summed E-state index contributed by atoms with van der Waals surface area (Å²) in [6, 6.07) is 7.85. The molecule has 0 aliphatic heterocycles. The third kappa shape index (κ3) is 4.64. The molecule has 1 aromatic rings. The van der Waals surface area contributed by atoms with Crippen LogP contribution in [0.2, 0.25) is 0 Å². The molecular weight excluding hydrogens is 202 g/mol. The highest BCUT2D eigenvalue weighted by molar-refractivity contribution is 5.27. The molecule has 0 bridgehead atoms. The lowest BCUT2D eigenvalue weighted by atomic mass is 10.2. The van der Waals surface area contributed by atoms with Gasteiger partial charge in [0.25, 0.3) is 0 Å². The first-order chi connectivity index (χ1) is 7.61. The van der Waals surface area contributed by atoms with Gasteiger partial charge >= 0.3 is 0 Å². The third-order valence-electron chi connectivity index (χ3n) is 2.49. The van der Waals surface area contributed by atoms with Gasteiger partial charge < -0.3 is 14.7 Å². The van der Waals surface area contributed by atoms with E-state index in [1.165, 1.54) is 0 Å². The van der Waals surface area contributed by atoms with E-state index in [9.17, 15) is 5.11 Å². The van der Waals surface area contributed by atoms with Crippen molar-refractivity contribution in [2.75, 3.05) is 26.7 Å². The summed E-state index contributed by atoms with van der Waals surface area (Å²) in [5.74, 6) is 0.818. The first-order valence-corrected chi connectivity index (χ1v) is 5.68. The van der Waals surface area contributed by atoms with Gasteiger partial charge in [-0.1, -0.05) is 19.1 Å². The van der Waals surface area contributed by atoms with E-state index in [0.717, 1.165) is 17.9 Å². The van der Waals surface area contributed by atoms with Gasteiger partial charge in [-0.15, -0.1) is 0 Å². The Kier molecular flexibility index (Phi) is 5.29. The highest BCUT2D eigenvalue weighted by Gasteiger charge is 2.07. The molecular formula is C13H21NO2. The molecule has 0 aromatic heterocycles. The summed E-state index contributed by atoms with van der Waals surface area (Å²) in [6.45, 7) is 6.00. The van der Waals surface area contributed by atoms with Crippen LogP contribution in [0.1, 0.15) is 12.5 Å². The Labute approximate surface area is 97.7 Å². The summed E-state index contributed by atoms with van der Waals surface area (Å²) >= 11 is 0. The number of aryl methyl sites for hydroxylation is 1. The molecule has 0 saturated heterocycles. The number of nitrogens with zero attached hydrogens (tertiary/aromatic N) is 1. The number of benzene rings is 1. The zero-order chi connectivity index (χ0) is 12.0. The highest BCUT2D eigenvalue weighted by atomic mass is 16.5. The van der Waals surface area contributed by atoms with E-state index in [1.807, 2.05) is 38.2 Å². The van der Waals surface area contributed by atoms with Crippen LogP contribution in [0.25, 0.3) is 0 Å². The predicted octanol–water partition coefficient (Wildman–Crippen LogP) is 1.69. The van der Waals surface area contributed by atoms with E-state index >= 15 is 0 Å². The average Bonchev–Trinajstić information content (AvgIpc) is 2.26. The third-order valence-corrected chi connectivity index (χ3v) is 2.49. The Morgan fingerprint density at radius 1 is 1.44 bits per heavy atom. The van der Waals surface area contributed by atoms with Crippen LogP contribution in [0, 0.1) is 6.92 Å². The van der Waals surface area contributed by atoms with Gasteiger partial charge in [0.15, 0.2) is 0 Å². The van der Waals surface area contributed by atoms with E-state index in [-0.39, 0.29) is 0 Å². The smallest absolute Gasteiger partial charge is 0.119 e. The van der Waals surface area contributed by atoms with Crippen molar-refractivity contribution >= 4 is 0 Å². The fourth-order valence-electron chi connectivity index (χ4n) is 1.44. The monoisotopic (exact) mass is 223 g/mol. The SMILES string of the molecule is CCN(C)CC(O)COc1cccc(C)c1. The minimum atomic E-state index is -0.439. The second kappa shape index (κ2) is 6.51. The maximum Gasteiger partial charge on any atom is 0.119 e. The molecule has 0 fully saturated rings. The number of aliphatic hydroxyl groups is 1. The van der Waals surface area contributed by atoms with Crippen LogP contribution in [0.15, 0.2) is 24.3 Å². The summed E-state index contributed by atoms with van der Waals surface area (Å²) in [4.78, 5) is 2.06. The Morgan fingerprint density at radius 2 is 2.19 bits per heavy atom. The van der Waals surface area contributed by atoms with E-state index in [2.05, 4.69) is 11.8 Å². The van der Waals surface area contributed by atoms with Crippen LogP contribution in [0.4, 0.5) is 0 Å². The molecule has 1 unspecified atom stereocenters. The number of hydrogen-bond donors (Lipinski definition) is 1. The largest absolute Gasteiger partial charge is 0.491 e. The summed E-state index contributed by atoms with van der Waals surface area (Å²) < 4.78 is 5.52. The molecule has 0 saturated carbocycles. The average molecular weight is 223 g/mol. The normalized spacial score (nSPS) is 12.8. The second-order valence-electron chi connectivity index (χ2n) is 4.14.